The lowest BCUT2D eigenvalue weighted by atomic mass is 10.1. The Morgan fingerprint density at radius 1 is 0.971 bits per heavy atom. The van der Waals surface area contributed by atoms with Gasteiger partial charge in [-0.3, -0.25) is 9.36 Å². The van der Waals surface area contributed by atoms with Crippen LogP contribution in [0, 0.1) is 6.92 Å². The smallest absolute Gasteiger partial charge is 0.300 e. The number of hydrogen-bond acceptors (Lipinski definition) is 6. The number of ether oxygens (including phenoxy) is 1. The second kappa shape index (κ2) is 9.80. The third-order valence-corrected chi connectivity index (χ3v) is 5.64. The lowest BCUT2D eigenvalue weighted by Crippen LogP contribution is -2.20. The Bertz CT molecular complexity index is 1490. The minimum absolute atomic E-state index is 0.302. The molecule has 0 amide bonds. The summed E-state index contributed by atoms with van der Waals surface area (Å²) in [6.07, 6.45) is 4.30. The van der Waals surface area contributed by atoms with Crippen molar-refractivity contribution < 1.29 is 4.74 Å². The van der Waals surface area contributed by atoms with Crippen LogP contribution in [0.1, 0.15) is 24.5 Å². The molecule has 5 aromatic rings. The van der Waals surface area contributed by atoms with E-state index in [1.54, 1.807) is 18.6 Å². The molecule has 0 spiro atoms. The lowest BCUT2D eigenvalue weighted by molar-refractivity contribution is 0.463. The van der Waals surface area contributed by atoms with Crippen LogP contribution in [-0.2, 0) is 13.1 Å². The first-order valence-corrected chi connectivity index (χ1v) is 11.6. The quantitative estimate of drug-likeness (QED) is 0.334. The molecule has 8 nitrogen and oxygen atoms in total. The van der Waals surface area contributed by atoms with Crippen LogP contribution in [0.5, 0.6) is 11.6 Å². The predicted octanol–water partition coefficient (Wildman–Crippen LogP) is 5.29. The van der Waals surface area contributed by atoms with E-state index in [-0.39, 0.29) is 5.56 Å². The monoisotopic (exact) mass is 466 g/mol. The third kappa shape index (κ3) is 4.91. The number of fused-ring (bicyclic) bond motifs is 1. The molecule has 2 aromatic carbocycles. The Hall–Kier alpha value is -4.46. The van der Waals surface area contributed by atoms with E-state index in [0.717, 1.165) is 17.7 Å². The molecule has 0 saturated carbocycles. The van der Waals surface area contributed by atoms with Crippen LogP contribution in [0.3, 0.4) is 0 Å². The van der Waals surface area contributed by atoms with Crippen LogP contribution in [0.25, 0.3) is 11.2 Å². The first-order valence-electron chi connectivity index (χ1n) is 11.6. The van der Waals surface area contributed by atoms with E-state index in [2.05, 4.69) is 58.4 Å². The van der Waals surface area contributed by atoms with Gasteiger partial charge < -0.3 is 14.6 Å². The normalized spacial score (nSPS) is 11.0. The molecule has 8 heteroatoms. The van der Waals surface area contributed by atoms with Crippen LogP contribution in [0.2, 0.25) is 0 Å². The lowest BCUT2D eigenvalue weighted by Gasteiger charge is -2.16. The Kier molecular flexibility index (Phi) is 6.26. The van der Waals surface area contributed by atoms with Crippen molar-refractivity contribution in [3.05, 3.63) is 101 Å². The summed E-state index contributed by atoms with van der Waals surface area (Å²) in [4.78, 5) is 26.2. The molecular weight excluding hydrogens is 440 g/mol. The molecule has 1 N–H and O–H groups in total. The topological polar surface area (TPSA) is 86.9 Å². The molecular formula is C27H26N6O2. The molecule has 35 heavy (non-hydrogen) atoms. The SMILES string of the molecule is CCCn1cnc2c1c(=O)nc(Nc1ccc(Oc3ccccn3)cc1)n2Cc1ccc(C)cc1. The van der Waals surface area contributed by atoms with Gasteiger partial charge in [-0.1, -0.05) is 42.8 Å². The molecule has 0 aliphatic rings. The highest BCUT2D eigenvalue weighted by Crippen LogP contribution is 2.24. The summed E-state index contributed by atoms with van der Waals surface area (Å²) in [5.41, 5.74) is 3.88. The Morgan fingerprint density at radius 3 is 2.49 bits per heavy atom. The van der Waals surface area contributed by atoms with E-state index in [1.165, 1.54) is 5.56 Å². The van der Waals surface area contributed by atoms with E-state index < -0.39 is 0 Å². The van der Waals surface area contributed by atoms with Crippen LogP contribution >= 0.6 is 0 Å². The van der Waals surface area contributed by atoms with Crippen molar-refractivity contribution in [2.24, 2.45) is 0 Å². The van der Waals surface area contributed by atoms with Crippen molar-refractivity contribution in [1.29, 1.82) is 0 Å². The second-order valence-electron chi connectivity index (χ2n) is 8.34. The van der Waals surface area contributed by atoms with Crippen LogP contribution in [0.4, 0.5) is 11.6 Å². The van der Waals surface area contributed by atoms with E-state index in [1.807, 2.05) is 45.5 Å². The zero-order valence-electron chi connectivity index (χ0n) is 19.7. The summed E-state index contributed by atoms with van der Waals surface area (Å²) in [7, 11) is 0. The maximum Gasteiger partial charge on any atom is 0.300 e. The average molecular weight is 467 g/mol. The van der Waals surface area contributed by atoms with Crippen molar-refractivity contribution in [2.75, 3.05) is 5.32 Å². The summed E-state index contributed by atoms with van der Waals surface area (Å²) in [6, 6.07) is 21.2. The highest BCUT2D eigenvalue weighted by Gasteiger charge is 2.16. The van der Waals surface area contributed by atoms with Crippen molar-refractivity contribution in [3.63, 3.8) is 0 Å². The number of benzene rings is 2. The summed E-state index contributed by atoms with van der Waals surface area (Å²) in [6.45, 7) is 5.36. The Morgan fingerprint density at radius 2 is 1.77 bits per heavy atom. The summed E-state index contributed by atoms with van der Waals surface area (Å²) in [5, 5.41) is 3.30. The first kappa shape index (κ1) is 22.3. The van der Waals surface area contributed by atoms with E-state index in [0.29, 0.717) is 41.8 Å². The highest BCUT2D eigenvalue weighted by molar-refractivity contribution is 5.73. The zero-order chi connectivity index (χ0) is 24.2. The highest BCUT2D eigenvalue weighted by atomic mass is 16.5. The number of imidazole rings is 1. The Balaban J connectivity index is 1.49. The van der Waals surface area contributed by atoms with Crippen molar-refractivity contribution in [1.82, 2.24) is 24.1 Å². The summed E-state index contributed by atoms with van der Waals surface area (Å²) >= 11 is 0. The number of aromatic nitrogens is 5. The van der Waals surface area contributed by atoms with Gasteiger partial charge >= 0.3 is 5.56 Å². The number of nitrogens with one attached hydrogen (secondary N) is 1. The molecule has 0 saturated heterocycles. The minimum atomic E-state index is -0.302. The van der Waals surface area contributed by atoms with Crippen molar-refractivity contribution in [3.8, 4) is 11.6 Å². The maximum atomic E-state index is 13.0. The number of rotatable bonds is 8. The molecule has 3 aromatic heterocycles. The maximum absolute atomic E-state index is 13.0. The van der Waals surface area contributed by atoms with Gasteiger partial charge in [-0.05, 0) is 49.2 Å². The zero-order valence-corrected chi connectivity index (χ0v) is 19.7. The third-order valence-electron chi connectivity index (χ3n) is 5.64. The number of nitrogens with zero attached hydrogens (tertiary/aromatic N) is 5. The van der Waals surface area contributed by atoms with Gasteiger partial charge in [0.25, 0.3) is 0 Å². The molecule has 0 fully saturated rings. The predicted molar refractivity (Wildman–Crippen MR) is 136 cm³/mol. The number of aryl methyl sites for hydroxylation is 2. The van der Waals surface area contributed by atoms with Gasteiger partial charge in [-0.25, -0.2) is 9.97 Å². The van der Waals surface area contributed by atoms with Gasteiger partial charge in [-0.2, -0.15) is 4.98 Å². The molecule has 0 aliphatic carbocycles. The fourth-order valence-corrected chi connectivity index (χ4v) is 3.89. The number of anilines is 2. The van der Waals surface area contributed by atoms with Gasteiger partial charge in [0.1, 0.15) is 5.75 Å². The van der Waals surface area contributed by atoms with E-state index >= 15 is 0 Å². The molecule has 5 rings (SSSR count). The summed E-state index contributed by atoms with van der Waals surface area (Å²) < 4.78 is 9.60. The molecule has 3 heterocycles. The fraction of sp³-hybridized carbons (Fsp3) is 0.185. The molecule has 0 atom stereocenters. The van der Waals surface area contributed by atoms with Crippen molar-refractivity contribution >= 4 is 22.8 Å². The second-order valence-corrected chi connectivity index (χ2v) is 8.34. The Labute approximate surface area is 202 Å². The van der Waals surface area contributed by atoms with Gasteiger partial charge in [-0.15, -0.1) is 0 Å². The van der Waals surface area contributed by atoms with Gasteiger partial charge in [0, 0.05) is 24.5 Å². The minimum Gasteiger partial charge on any atom is -0.439 e. The standard InChI is InChI=1S/C27H26N6O2/c1-3-16-32-18-29-25-24(32)26(34)31-27(33(25)17-20-9-7-19(2)8-10-20)30-21-11-13-22(14-12-21)35-23-6-4-5-15-28-23/h4-15,18H,3,16-17H2,1-2H3,(H,30,31,34). The largest absolute Gasteiger partial charge is 0.439 e. The van der Waals surface area contributed by atoms with Gasteiger partial charge in [0.15, 0.2) is 11.2 Å². The van der Waals surface area contributed by atoms with Crippen molar-refractivity contribution in [2.45, 2.75) is 33.4 Å². The van der Waals surface area contributed by atoms with Crippen LogP contribution < -0.4 is 15.6 Å². The van der Waals surface area contributed by atoms with E-state index in [9.17, 15) is 4.79 Å². The molecule has 0 unspecified atom stereocenters. The summed E-state index contributed by atoms with van der Waals surface area (Å²) in [5.74, 6) is 1.62. The van der Waals surface area contributed by atoms with Gasteiger partial charge in [0.2, 0.25) is 11.8 Å². The molecule has 176 valence electrons. The number of pyridine rings is 1. The molecule has 0 aliphatic heterocycles. The first-order chi connectivity index (χ1) is 17.1. The molecule has 0 bridgehead atoms. The molecule has 0 radical (unpaired) electrons. The fourth-order valence-electron chi connectivity index (χ4n) is 3.89. The van der Waals surface area contributed by atoms with Crippen LogP contribution in [0.15, 0.2) is 84.0 Å². The number of hydrogen-bond donors (Lipinski definition) is 1. The van der Waals surface area contributed by atoms with Gasteiger partial charge in [0.05, 0.1) is 12.9 Å². The van der Waals surface area contributed by atoms with E-state index in [4.69, 9.17) is 4.74 Å². The van der Waals surface area contributed by atoms with Crippen LogP contribution in [-0.4, -0.2) is 24.1 Å². The average Bonchev–Trinajstić information content (AvgIpc) is 3.29.